The van der Waals surface area contributed by atoms with Gasteiger partial charge in [-0.15, -0.1) is 0 Å². The summed E-state index contributed by atoms with van der Waals surface area (Å²) >= 11 is 3.45. The van der Waals surface area contributed by atoms with Crippen LogP contribution < -0.4 is 10.0 Å². The van der Waals surface area contributed by atoms with Crippen LogP contribution in [0.25, 0.3) is 0 Å². The van der Waals surface area contributed by atoms with E-state index in [1.807, 2.05) is 40.7 Å². The lowest BCUT2D eigenvalue weighted by atomic mass is 9.98. The molecule has 0 fully saturated rings. The molecule has 2 N–H and O–H groups in total. The molecule has 0 aliphatic rings. The van der Waals surface area contributed by atoms with Crippen LogP contribution in [0.5, 0.6) is 0 Å². The monoisotopic (exact) mass is 376 g/mol. The third kappa shape index (κ3) is 5.70. The Morgan fingerprint density at radius 2 is 1.86 bits per heavy atom. The minimum absolute atomic E-state index is 0.0976. The quantitative estimate of drug-likeness (QED) is 0.801. The van der Waals surface area contributed by atoms with Crippen molar-refractivity contribution in [3.8, 4) is 0 Å². The minimum atomic E-state index is -3.50. The molecule has 0 aromatic heterocycles. The molecule has 0 heterocycles. The summed E-state index contributed by atoms with van der Waals surface area (Å²) in [6, 6.07) is 3.70. The van der Waals surface area contributed by atoms with E-state index in [1.54, 1.807) is 6.07 Å². The highest BCUT2D eigenvalue weighted by molar-refractivity contribution is 9.10. The summed E-state index contributed by atoms with van der Waals surface area (Å²) in [6.07, 6.45) is 0. The zero-order chi connectivity index (χ0) is 16.3. The van der Waals surface area contributed by atoms with Crippen LogP contribution in [0.15, 0.2) is 21.5 Å². The van der Waals surface area contributed by atoms with Crippen molar-refractivity contribution in [1.29, 1.82) is 0 Å². The van der Waals surface area contributed by atoms with E-state index in [1.165, 1.54) is 0 Å². The maximum atomic E-state index is 12.5. The van der Waals surface area contributed by atoms with Gasteiger partial charge in [0.2, 0.25) is 10.0 Å². The standard InChI is InChI=1S/C15H25BrN2O2S/c1-6-17-9-12-7-13(16)11(2)14(8-12)21(19,20)18-10-15(3,4)5/h7-8,17-18H,6,9-10H2,1-5H3. The van der Waals surface area contributed by atoms with Gasteiger partial charge in [0.15, 0.2) is 0 Å². The van der Waals surface area contributed by atoms with Crippen molar-refractivity contribution >= 4 is 26.0 Å². The number of benzene rings is 1. The smallest absolute Gasteiger partial charge is 0.240 e. The fraction of sp³-hybridized carbons (Fsp3) is 0.600. The first-order valence-corrected chi connectivity index (χ1v) is 9.34. The van der Waals surface area contributed by atoms with E-state index in [4.69, 9.17) is 0 Å². The Balaban J connectivity index is 3.12. The van der Waals surface area contributed by atoms with Gasteiger partial charge in [-0.2, -0.15) is 0 Å². The van der Waals surface area contributed by atoms with Crippen LogP contribution >= 0.6 is 15.9 Å². The Kier molecular flexibility index (Phi) is 6.40. The molecule has 0 spiro atoms. The van der Waals surface area contributed by atoms with Crippen molar-refractivity contribution in [3.63, 3.8) is 0 Å². The highest BCUT2D eigenvalue weighted by Gasteiger charge is 2.22. The molecule has 0 aliphatic heterocycles. The highest BCUT2D eigenvalue weighted by atomic mass is 79.9. The number of rotatable bonds is 6. The molecule has 21 heavy (non-hydrogen) atoms. The zero-order valence-corrected chi connectivity index (χ0v) is 15.8. The topological polar surface area (TPSA) is 58.2 Å². The van der Waals surface area contributed by atoms with E-state index < -0.39 is 10.0 Å². The molecule has 0 unspecified atom stereocenters. The first-order valence-electron chi connectivity index (χ1n) is 7.06. The predicted octanol–water partition coefficient (Wildman–Crippen LogP) is 3.19. The van der Waals surface area contributed by atoms with E-state index in [9.17, 15) is 8.42 Å². The third-order valence-corrected chi connectivity index (χ3v) is 5.37. The molecule has 1 rings (SSSR count). The molecule has 120 valence electrons. The normalized spacial score (nSPS) is 12.7. The fourth-order valence-electron chi connectivity index (χ4n) is 1.75. The van der Waals surface area contributed by atoms with E-state index in [0.29, 0.717) is 18.0 Å². The summed E-state index contributed by atoms with van der Waals surface area (Å²) in [5, 5.41) is 3.21. The van der Waals surface area contributed by atoms with Crippen LogP contribution in [0, 0.1) is 12.3 Å². The molecule has 6 heteroatoms. The summed E-state index contributed by atoms with van der Waals surface area (Å²) in [7, 11) is -3.50. The van der Waals surface area contributed by atoms with Gasteiger partial charge in [-0.1, -0.05) is 43.6 Å². The summed E-state index contributed by atoms with van der Waals surface area (Å²) < 4.78 is 28.6. The molecule has 0 atom stereocenters. The van der Waals surface area contributed by atoms with Crippen molar-refractivity contribution in [3.05, 3.63) is 27.7 Å². The SMILES string of the molecule is CCNCc1cc(Br)c(C)c(S(=O)(=O)NCC(C)(C)C)c1. The second-order valence-corrected chi connectivity index (χ2v) is 8.96. The number of sulfonamides is 1. The first kappa shape index (κ1) is 18.6. The molecule has 0 saturated carbocycles. The molecule has 0 bridgehead atoms. The van der Waals surface area contributed by atoms with Gasteiger partial charge >= 0.3 is 0 Å². The molecule has 0 aliphatic carbocycles. The number of nitrogens with one attached hydrogen (secondary N) is 2. The Labute approximate surface area is 136 Å². The molecule has 4 nitrogen and oxygen atoms in total. The second kappa shape index (κ2) is 7.22. The second-order valence-electron chi connectivity index (χ2n) is 6.37. The average molecular weight is 377 g/mol. The maximum absolute atomic E-state index is 12.5. The fourth-order valence-corrected chi connectivity index (χ4v) is 3.98. The van der Waals surface area contributed by atoms with Gasteiger partial charge in [-0.3, -0.25) is 0 Å². The molecule has 0 radical (unpaired) electrons. The number of hydrogen-bond acceptors (Lipinski definition) is 3. The Bertz CT molecular complexity index is 592. The Hall–Kier alpha value is -0.430. The average Bonchev–Trinajstić information content (AvgIpc) is 2.37. The number of hydrogen-bond donors (Lipinski definition) is 2. The van der Waals surface area contributed by atoms with Crippen molar-refractivity contribution in [2.45, 2.75) is 46.1 Å². The van der Waals surface area contributed by atoms with Gasteiger partial charge in [0.25, 0.3) is 0 Å². The first-order chi connectivity index (χ1) is 9.57. The number of halogens is 1. The van der Waals surface area contributed by atoms with Crippen LogP contribution in [-0.4, -0.2) is 21.5 Å². The lowest BCUT2D eigenvalue weighted by Gasteiger charge is -2.20. The van der Waals surface area contributed by atoms with Gasteiger partial charge in [0, 0.05) is 17.6 Å². The summed E-state index contributed by atoms with van der Waals surface area (Å²) in [5.74, 6) is 0. The molecular formula is C15H25BrN2O2S. The highest BCUT2D eigenvalue weighted by Crippen LogP contribution is 2.26. The Morgan fingerprint density at radius 3 is 2.38 bits per heavy atom. The van der Waals surface area contributed by atoms with E-state index in [2.05, 4.69) is 26.0 Å². The lowest BCUT2D eigenvalue weighted by molar-refractivity contribution is 0.407. The summed E-state index contributed by atoms with van der Waals surface area (Å²) in [6.45, 7) is 11.7. The van der Waals surface area contributed by atoms with Crippen molar-refractivity contribution < 1.29 is 8.42 Å². The van der Waals surface area contributed by atoms with Crippen LogP contribution in [0.1, 0.15) is 38.8 Å². The van der Waals surface area contributed by atoms with Gasteiger partial charge in [0.05, 0.1) is 4.90 Å². The minimum Gasteiger partial charge on any atom is -0.313 e. The van der Waals surface area contributed by atoms with Gasteiger partial charge in [0.1, 0.15) is 0 Å². The summed E-state index contributed by atoms with van der Waals surface area (Å²) in [5.41, 5.74) is 1.58. The maximum Gasteiger partial charge on any atom is 0.240 e. The molecule has 1 aromatic carbocycles. The zero-order valence-electron chi connectivity index (χ0n) is 13.4. The van der Waals surface area contributed by atoms with E-state index in [-0.39, 0.29) is 5.41 Å². The molecule has 0 saturated heterocycles. The van der Waals surface area contributed by atoms with Gasteiger partial charge in [-0.25, -0.2) is 13.1 Å². The molecule has 0 amide bonds. The molecular weight excluding hydrogens is 352 g/mol. The van der Waals surface area contributed by atoms with Crippen LogP contribution in [0.4, 0.5) is 0 Å². The molecule has 1 aromatic rings. The van der Waals surface area contributed by atoms with Gasteiger partial charge in [-0.05, 0) is 42.1 Å². The van der Waals surface area contributed by atoms with Crippen molar-refractivity contribution in [2.24, 2.45) is 5.41 Å². The Morgan fingerprint density at radius 1 is 1.24 bits per heavy atom. The van der Waals surface area contributed by atoms with Crippen LogP contribution in [0.3, 0.4) is 0 Å². The summed E-state index contributed by atoms with van der Waals surface area (Å²) in [4.78, 5) is 0.342. The predicted molar refractivity (Wildman–Crippen MR) is 90.9 cm³/mol. The van der Waals surface area contributed by atoms with E-state index in [0.717, 1.165) is 22.1 Å². The van der Waals surface area contributed by atoms with Crippen molar-refractivity contribution in [1.82, 2.24) is 10.0 Å². The van der Waals surface area contributed by atoms with Crippen LogP contribution in [0.2, 0.25) is 0 Å². The van der Waals surface area contributed by atoms with Crippen molar-refractivity contribution in [2.75, 3.05) is 13.1 Å². The van der Waals surface area contributed by atoms with Crippen LogP contribution in [-0.2, 0) is 16.6 Å². The van der Waals surface area contributed by atoms with Gasteiger partial charge < -0.3 is 5.32 Å². The third-order valence-electron chi connectivity index (χ3n) is 3.02. The lowest BCUT2D eigenvalue weighted by Crippen LogP contribution is -2.32. The van der Waals surface area contributed by atoms with E-state index >= 15 is 0 Å². The largest absolute Gasteiger partial charge is 0.313 e.